The number of aromatic nitrogens is 3. The minimum absolute atomic E-state index is 0.00886. The van der Waals surface area contributed by atoms with Crippen LogP contribution in [0, 0.1) is 0 Å². The lowest BCUT2D eigenvalue weighted by atomic mass is 10.0. The highest BCUT2D eigenvalue weighted by atomic mass is 19.4. The lowest BCUT2D eigenvalue weighted by Gasteiger charge is -2.17. The molecule has 190 valence electrons. The normalized spacial score (nSPS) is 17.6. The number of pyridine rings is 1. The number of nitrogen functional groups attached to an aromatic ring is 1. The van der Waals surface area contributed by atoms with Crippen LogP contribution in [0.25, 0.3) is 22.2 Å². The van der Waals surface area contributed by atoms with E-state index < -0.39 is 23.7 Å². The molecule has 5 rings (SSSR count). The van der Waals surface area contributed by atoms with Crippen molar-refractivity contribution in [2.75, 3.05) is 11.1 Å². The maximum absolute atomic E-state index is 13.5. The molecule has 3 heterocycles. The molecule has 0 spiro atoms. The molecule has 0 saturated carbocycles. The summed E-state index contributed by atoms with van der Waals surface area (Å²) in [6, 6.07) is 13.1. The van der Waals surface area contributed by atoms with Crippen LogP contribution in [0.3, 0.4) is 0 Å². The van der Waals surface area contributed by atoms with Gasteiger partial charge in [-0.25, -0.2) is 15.0 Å². The van der Waals surface area contributed by atoms with Crippen LogP contribution >= 0.6 is 0 Å². The number of carbonyl (C=O) groups is 1. The van der Waals surface area contributed by atoms with Gasteiger partial charge >= 0.3 is 6.18 Å². The van der Waals surface area contributed by atoms with Crippen LogP contribution in [0.15, 0.2) is 60.9 Å². The van der Waals surface area contributed by atoms with E-state index in [0.717, 1.165) is 23.9 Å². The van der Waals surface area contributed by atoms with Crippen molar-refractivity contribution in [3.63, 3.8) is 0 Å². The quantitative estimate of drug-likeness (QED) is 0.341. The van der Waals surface area contributed by atoms with Crippen LogP contribution in [0.1, 0.15) is 25.3 Å². The van der Waals surface area contributed by atoms with Gasteiger partial charge in [0.05, 0.1) is 23.0 Å². The van der Waals surface area contributed by atoms with Crippen molar-refractivity contribution in [1.82, 2.24) is 20.3 Å². The highest BCUT2D eigenvalue weighted by molar-refractivity contribution is 5.98. The number of para-hydroxylation sites is 1. The molecule has 8 nitrogen and oxygen atoms in total. The SMILES string of the molecule is C[C@H]1CC[C@@H](C(=O)Nc2cc(C(F)(F)F)ccc2-c2cc(Oc3cccc4ccc(N)nc34)ncn2)N1. The molecule has 11 heteroatoms. The summed E-state index contributed by atoms with van der Waals surface area (Å²) >= 11 is 0. The summed E-state index contributed by atoms with van der Waals surface area (Å²) in [6.45, 7) is 1.95. The Kier molecular flexibility index (Phi) is 6.38. The van der Waals surface area contributed by atoms with Gasteiger partial charge in [-0.1, -0.05) is 18.2 Å². The van der Waals surface area contributed by atoms with Gasteiger partial charge in [-0.3, -0.25) is 4.79 Å². The van der Waals surface area contributed by atoms with E-state index in [9.17, 15) is 18.0 Å². The summed E-state index contributed by atoms with van der Waals surface area (Å²) in [5.41, 5.74) is 6.03. The minimum Gasteiger partial charge on any atom is -0.437 e. The third-order valence-corrected chi connectivity index (χ3v) is 6.13. The number of fused-ring (bicyclic) bond motifs is 1. The van der Waals surface area contributed by atoms with E-state index in [4.69, 9.17) is 10.5 Å². The van der Waals surface area contributed by atoms with Crippen LogP contribution in [0.5, 0.6) is 11.6 Å². The lowest BCUT2D eigenvalue weighted by molar-refractivity contribution is -0.137. The van der Waals surface area contributed by atoms with Crippen molar-refractivity contribution in [2.45, 2.75) is 38.0 Å². The Bertz CT molecular complexity index is 1480. The smallest absolute Gasteiger partial charge is 0.416 e. The van der Waals surface area contributed by atoms with Gasteiger partial charge in [-0.05, 0) is 50.1 Å². The van der Waals surface area contributed by atoms with Gasteiger partial charge in [-0.15, -0.1) is 0 Å². The maximum atomic E-state index is 13.5. The van der Waals surface area contributed by atoms with Crippen molar-refractivity contribution in [2.24, 2.45) is 0 Å². The average molecular weight is 509 g/mol. The first-order valence-corrected chi connectivity index (χ1v) is 11.6. The predicted molar refractivity (Wildman–Crippen MR) is 133 cm³/mol. The molecule has 1 amide bonds. The van der Waals surface area contributed by atoms with E-state index in [-0.39, 0.29) is 23.3 Å². The zero-order chi connectivity index (χ0) is 26.2. The second-order valence-electron chi connectivity index (χ2n) is 8.85. The Morgan fingerprint density at radius 3 is 2.70 bits per heavy atom. The van der Waals surface area contributed by atoms with Crippen molar-refractivity contribution in [3.8, 4) is 22.9 Å². The number of anilines is 2. The van der Waals surface area contributed by atoms with Gasteiger partial charge in [0.25, 0.3) is 0 Å². The zero-order valence-electron chi connectivity index (χ0n) is 19.7. The fourth-order valence-electron chi connectivity index (χ4n) is 4.27. The zero-order valence-corrected chi connectivity index (χ0v) is 19.7. The number of amides is 1. The predicted octanol–water partition coefficient (Wildman–Crippen LogP) is 5.16. The topological polar surface area (TPSA) is 115 Å². The second-order valence-corrected chi connectivity index (χ2v) is 8.85. The van der Waals surface area contributed by atoms with E-state index >= 15 is 0 Å². The number of nitrogens with one attached hydrogen (secondary N) is 2. The third kappa shape index (κ3) is 5.31. The van der Waals surface area contributed by atoms with Crippen LogP contribution in [0.4, 0.5) is 24.7 Å². The van der Waals surface area contributed by atoms with Crippen LogP contribution < -0.4 is 21.1 Å². The highest BCUT2D eigenvalue weighted by Gasteiger charge is 2.32. The monoisotopic (exact) mass is 508 g/mol. The highest BCUT2D eigenvalue weighted by Crippen LogP contribution is 2.37. The van der Waals surface area contributed by atoms with Crippen molar-refractivity contribution in [1.29, 1.82) is 0 Å². The maximum Gasteiger partial charge on any atom is 0.416 e. The minimum atomic E-state index is -4.58. The molecule has 4 aromatic rings. The number of nitrogens with two attached hydrogens (primary N) is 1. The van der Waals surface area contributed by atoms with Crippen molar-refractivity contribution >= 4 is 28.3 Å². The number of hydrogen-bond donors (Lipinski definition) is 3. The number of nitrogens with zero attached hydrogens (tertiary/aromatic N) is 3. The summed E-state index contributed by atoms with van der Waals surface area (Å²) in [5, 5.41) is 6.60. The molecule has 4 N–H and O–H groups in total. The first kappa shape index (κ1) is 24.4. The standard InChI is InChI=1S/C26H23F3N6O2/c1-14-5-9-18(33-14)25(36)34-20-11-16(26(27,28)29)7-8-17(20)19-12-23(32-13-31-19)37-21-4-2-3-15-6-10-22(30)35-24(15)21/h2-4,6-8,10-14,18,33H,5,9H2,1H3,(H2,30,35)(H,34,36)/t14-,18-/m0/s1. The van der Waals surface area contributed by atoms with Crippen molar-refractivity contribution < 1.29 is 22.7 Å². The second kappa shape index (κ2) is 9.66. The fourth-order valence-corrected chi connectivity index (χ4v) is 4.27. The van der Waals surface area contributed by atoms with E-state index in [0.29, 0.717) is 29.1 Å². The molecular formula is C26H23F3N6O2. The molecule has 0 radical (unpaired) electrons. The Hall–Kier alpha value is -4.25. The molecule has 2 aromatic carbocycles. The van der Waals surface area contributed by atoms with Gasteiger partial charge < -0.3 is 21.1 Å². The fraction of sp³-hybridized carbons (Fsp3) is 0.231. The number of rotatable bonds is 5. The Labute approximate surface area is 210 Å². The van der Waals surface area contributed by atoms with E-state index in [1.54, 1.807) is 18.2 Å². The summed E-state index contributed by atoms with van der Waals surface area (Å²) in [4.78, 5) is 25.5. The summed E-state index contributed by atoms with van der Waals surface area (Å²) in [7, 11) is 0. The lowest BCUT2D eigenvalue weighted by Crippen LogP contribution is -2.38. The Balaban J connectivity index is 1.49. The van der Waals surface area contributed by atoms with Gasteiger partial charge in [0, 0.05) is 23.1 Å². The van der Waals surface area contributed by atoms with Gasteiger partial charge in [0.1, 0.15) is 17.7 Å². The molecule has 2 atom stereocenters. The molecule has 0 bridgehead atoms. The molecule has 1 aliphatic rings. The van der Waals surface area contributed by atoms with Gasteiger partial charge in [0.2, 0.25) is 11.8 Å². The van der Waals surface area contributed by atoms with Crippen LogP contribution in [-0.2, 0) is 11.0 Å². The Morgan fingerprint density at radius 2 is 1.95 bits per heavy atom. The Morgan fingerprint density at radius 1 is 1.11 bits per heavy atom. The molecular weight excluding hydrogens is 485 g/mol. The number of hydrogen-bond acceptors (Lipinski definition) is 7. The molecule has 0 unspecified atom stereocenters. The molecule has 0 aliphatic carbocycles. The summed E-state index contributed by atoms with van der Waals surface area (Å²) < 4.78 is 46.4. The van der Waals surface area contributed by atoms with E-state index in [1.165, 1.54) is 18.5 Å². The number of alkyl halides is 3. The third-order valence-electron chi connectivity index (χ3n) is 6.13. The first-order chi connectivity index (χ1) is 17.7. The largest absolute Gasteiger partial charge is 0.437 e. The molecule has 2 aromatic heterocycles. The summed E-state index contributed by atoms with van der Waals surface area (Å²) in [5.74, 6) is 0.458. The van der Waals surface area contributed by atoms with E-state index in [1.807, 2.05) is 19.1 Å². The van der Waals surface area contributed by atoms with E-state index in [2.05, 4.69) is 25.6 Å². The molecule has 1 aliphatic heterocycles. The van der Waals surface area contributed by atoms with Crippen LogP contribution in [0.2, 0.25) is 0 Å². The number of ether oxygens (including phenoxy) is 1. The molecule has 1 saturated heterocycles. The summed E-state index contributed by atoms with van der Waals surface area (Å²) in [6.07, 6.45) is -1.95. The molecule has 37 heavy (non-hydrogen) atoms. The van der Waals surface area contributed by atoms with Crippen LogP contribution in [-0.4, -0.2) is 32.9 Å². The molecule has 1 fully saturated rings. The first-order valence-electron chi connectivity index (χ1n) is 11.6. The van der Waals surface area contributed by atoms with Crippen molar-refractivity contribution in [3.05, 3.63) is 66.5 Å². The number of carbonyl (C=O) groups excluding carboxylic acids is 1. The van der Waals surface area contributed by atoms with Gasteiger partial charge in [-0.2, -0.15) is 13.2 Å². The average Bonchev–Trinajstić information content (AvgIpc) is 3.30. The number of benzene rings is 2. The number of halogens is 3. The van der Waals surface area contributed by atoms with Gasteiger partial charge in [0.15, 0.2) is 5.75 Å².